The van der Waals surface area contributed by atoms with E-state index < -0.39 is 96.2 Å². The van der Waals surface area contributed by atoms with Gasteiger partial charge in [-0.25, -0.2) is 0 Å². The number of rotatable bonds is 9. The summed E-state index contributed by atoms with van der Waals surface area (Å²) in [5, 5.41) is 11.9. The van der Waals surface area contributed by atoms with Crippen molar-refractivity contribution in [1.82, 2.24) is 9.80 Å². The van der Waals surface area contributed by atoms with Crippen molar-refractivity contribution >= 4 is 41.3 Å². The Balaban J connectivity index is 0.957. The molecule has 4 bridgehead atoms. The summed E-state index contributed by atoms with van der Waals surface area (Å²) in [7, 11) is 0. The first-order chi connectivity index (χ1) is 20.6. The largest absolute Gasteiger partial charge is 0.459 e. The molecular weight excluding hydrogens is 562 g/mol. The van der Waals surface area contributed by atoms with E-state index in [1.807, 2.05) is 24.3 Å². The van der Waals surface area contributed by atoms with E-state index in [0.29, 0.717) is 0 Å². The van der Waals surface area contributed by atoms with Gasteiger partial charge in [-0.1, -0.05) is 30.4 Å². The minimum absolute atomic E-state index is 0.00431. The molecule has 0 spiro atoms. The van der Waals surface area contributed by atoms with Crippen LogP contribution in [0.1, 0.15) is 24.0 Å². The predicted molar refractivity (Wildman–Crippen MR) is 142 cm³/mol. The Morgan fingerprint density at radius 3 is 1.37 bits per heavy atom. The number of fused-ring (bicyclic) bond motifs is 10. The van der Waals surface area contributed by atoms with Crippen molar-refractivity contribution in [3.63, 3.8) is 0 Å². The van der Waals surface area contributed by atoms with Crippen LogP contribution >= 0.6 is 0 Å². The van der Waals surface area contributed by atoms with Crippen molar-refractivity contribution in [2.45, 2.75) is 26.1 Å². The van der Waals surface area contributed by atoms with Gasteiger partial charge in [0, 0.05) is 0 Å². The fourth-order valence-electron chi connectivity index (χ4n) is 8.02. The Morgan fingerprint density at radius 2 is 1.05 bits per heavy atom. The van der Waals surface area contributed by atoms with Crippen LogP contribution in [0, 0.1) is 57.5 Å². The summed E-state index contributed by atoms with van der Waals surface area (Å²) in [5.41, 5.74) is -0.393. The summed E-state index contributed by atoms with van der Waals surface area (Å²) in [6.45, 7) is -2.18. The SMILES string of the molecule is O=C(CN1C(=O)[C@@H]2C3C=CC(C3)[C@@H]2C1=O)OCc1cccc(COC(=O)CN2C(=O)[C@@H]3C4C=CC(C4)[C@@H]3C2=O)c1[N+](=O)[O-]. The molecule has 222 valence electrons. The zero-order valence-corrected chi connectivity index (χ0v) is 22.8. The zero-order valence-electron chi connectivity index (χ0n) is 22.8. The number of allylic oxidation sites excluding steroid dienone is 4. The van der Waals surface area contributed by atoms with Crippen molar-refractivity contribution < 1.29 is 43.2 Å². The number of likely N-dealkylation sites (tertiary alicyclic amines) is 2. The summed E-state index contributed by atoms with van der Waals surface area (Å²) < 4.78 is 10.4. The Hall–Kier alpha value is -4.68. The van der Waals surface area contributed by atoms with Crippen LogP contribution in [-0.2, 0) is 51.5 Å². The summed E-state index contributed by atoms with van der Waals surface area (Å²) >= 11 is 0. The average Bonchev–Trinajstić information content (AvgIpc) is 3.83. The Labute approximate surface area is 244 Å². The van der Waals surface area contributed by atoms with Gasteiger partial charge in [-0.3, -0.25) is 48.7 Å². The Kier molecular flexibility index (Phi) is 6.29. The number of amides is 4. The number of imide groups is 2. The van der Waals surface area contributed by atoms with Gasteiger partial charge in [-0.15, -0.1) is 0 Å². The normalized spacial score (nSPS) is 32.7. The van der Waals surface area contributed by atoms with E-state index in [1.165, 1.54) is 18.2 Å². The number of carbonyl (C=O) groups is 6. The van der Waals surface area contributed by atoms with Crippen molar-refractivity contribution in [3.8, 4) is 0 Å². The molecular formula is C30H27N3O10. The Bertz CT molecular complexity index is 1400. The highest BCUT2D eigenvalue weighted by Gasteiger charge is 2.60. The average molecular weight is 590 g/mol. The van der Waals surface area contributed by atoms with Crippen LogP contribution in [0.2, 0.25) is 0 Å². The highest BCUT2D eigenvalue weighted by atomic mass is 16.6. The number of esters is 2. The lowest BCUT2D eigenvalue weighted by atomic mass is 9.85. The van der Waals surface area contributed by atoms with Gasteiger partial charge in [0.25, 0.3) is 5.69 Å². The third kappa shape index (κ3) is 4.20. The van der Waals surface area contributed by atoms with Crippen molar-refractivity contribution in [3.05, 3.63) is 63.7 Å². The molecule has 43 heavy (non-hydrogen) atoms. The van der Waals surface area contributed by atoms with E-state index in [4.69, 9.17) is 9.47 Å². The highest BCUT2D eigenvalue weighted by Crippen LogP contribution is 2.53. The second-order valence-electron chi connectivity index (χ2n) is 12.0. The topological polar surface area (TPSA) is 170 Å². The van der Waals surface area contributed by atoms with Crippen LogP contribution in [0.3, 0.4) is 0 Å². The zero-order chi connectivity index (χ0) is 30.2. The molecule has 4 fully saturated rings. The van der Waals surface area contributed by atoms with Gasteiger partial charge >= 0.3 is 11.9 Å². The molecule has 8 atom stereocenters. The Morgan fingerprint density at radius 1 is 0.698 bits per heavy atom. The lowest BCUT2D eigenvalue weighted by Gasteiger charge is -2.17. The molecule has 2 saturated heterocycles. The van der Waals surface area contributed by atoms with Crippen LogP contribution < -0.4 is 0 Å². The van der Waals surface area contributed by atoms with Gasteiger partial charge in [-0.2, -0.15) is 0 Å². The first-order valence-corrected chi connectivity index (χ1v) is 14.3. The summed E-state index contributed by atoms with van der Waals surface area (Å²) in [4.78, 5) is 89.6. The molecule has 0 radical (unpaired) electrons. The van der Waals surface area contributed by atoms with Crippen LogP contribution in [0.5, 0.6) is 0 Å². The minimum Gasteiger partial charge on any atom is -0.459 e. The number of para-hydroxylation sites is 1. The van der Waals surface area contributed by atoms with Gasteiger partial charge in [0.1, 0.15) is 26.3 Å². The van der Waals surface area contributed by atoms with Crippen molar-refractivity contribution in [2.75, 3.05) is 13.1 Å². The van der Waals surface area contributed by atoms with Gasteiger partial charge in [0.15, 0.2) is 0 Å². The maximum atomic E-state index is 12.8. The third-order valence-electron chi connectivity index (χ3n) is 9.86. The molecule has 1 aromatic rings. The number of nitro groups is 1. The second kappa shape index (κ2) is 9.96. The van der Waals surface area contributed by atoms with Crippen LogP contribution in [0.15, 0.2) is 42.5 Å². The molecule has 0 N–H and O–H groups in total. The number of hydrogen-bond acceptors (Lipinski definition) is 10. The summed E-state index contributed by atoms with van der Waals surface area (Å²) in [6.07, 6.45) is 9.29. The van der Waals surface area contributed by atoms with Crippen LogP contribution in [0.4, 0.5) is 5.69 Å². The molecule has 1 aromatic carbocycles. The minimum atomic E-state index is -0.888. The van der Waals surface area contributed by atoms with E-state index >= 15 is 0 Å². The third-order valence-corrected chi connectivity index (χ3v) is 9.86. The molecule has 13 heteroatoms. The van der Waals surface area contributed by atoms with E-state index in [0.717, 1.165) is 22.6 Å². The molecule has 2 heterocycles. The molecule has 7 rings (SSSR count). The lowest BCUT2D eigenvalue weighted by Crippen LogP contribution is -2.38. The molecule has 4 amide bonds. The summed E-state index contributed by atoms with van der Waals surface area (Å²) in [5.74, 6) is -5.21. The predicted octanol–water partition coefficient (Wildman–Crippen LogP) is 1.30. The first kappa shape index (κ1) is 27.2. The quantitative estimate of drug-likeness (QED) is 0.134. The molecule has 6 aliphatic rings. The lowest BCUT2D eigenvalue weighted by molar-refractivity contribution is -0.386. The van der Waals surface area contributed by atoms with Gasteiger partial charge in [0.2, 0.25) is 23.6 Å². The molecule has 4 aliphatic carbocycles. The molecule has 13 nitrogen and oxygen atoms in total. The van der Waals surface area contributed by atoms with E-state index in [2.05, 4.69) is 0 Å². The van der Waals surface area contributed by atoms with Crippen LogP contribution in [0.25, 0.3) is 0 Å². The van der Waals surface area contributed by atoms with Gasteiger partial charge in [-0.05, 0) is 48.6 Å². The number of hydrogen-bond donors (Lipinski definition) is 0. The van der Waals surface area contributed by atoms with E-state index in [1.54, 1.807) is 0 Å². The highest BCUT2D eigenvalue weighted by molar-refractivity contribution is 6.09. The number of carbonyl (C=O) groups excluding carboxylic acids is 6. The summed E-state index contributed by atoms with van der Waals surface area (Å²) in [6, 6.07) is 4.22. The second-order valence-corrected chi connectivity index (χ2v) is 12.0. The maximum Gasteiger partial charge on any atom is 0.326 e. The van der Waals surface area contributed by atoms with Gasteiger partial charge < -0.3 is 9.47 Å². The van der Waals surface area contributed by atoms with E-state index in [-0.39, 0.29) is 34.8 Å². The van der Waals surface area contributed by atoms with Crippen molar-refractivity contribution in [2.24, 2.45) is 47.3 Å². The number of ether oxygens (including phenoxy) is 2. The smallest absolute Gasteiger partial charge is 0.326 e. The first-order valence-electron chi connectivity index (χ1n) is 14.3. The number of benzene rings is 1. The molecule has 0 aromatic heterocycles. The maximum absolute atomic E-state index is 12.8. The molecule has 4 unspecified atom stereocenters. The monoisotopic (exact) mass is 589 g/mol. The van der Waals surface area contributed by atoms with Crippen LogP contribution in [-0.4, -0.2) is 63.4 Å². The molecule has 2 saturated carbocycles. The van der Waals surface area contributed by atoms with Gasteiger partial charge in [0.05, 0.1) is 39.7 Å². The van der Waals surface area contributed by atoms with E-state index in [9.17, 15) is 38.9 Å². The molecule has 2 aliphatic heterocycles. The fourth-order valence-corrected chi connectivity index (χ4v) is 8.02. The fraction of sp³-hybridized carbons (Fsp3) is 0.467. The number of nitro benzene ring substituents is 1. The standard InChI is InChI=1S/C30H27N3O10/c34-20(10-31-27(36)22-14-4-5-15(8-14)23(22)28(31)37)42-12-18-2-1-3-19(26(18)33(40)41)13-43-21(35)11-32-29(38)24-16-6-7-17(9-16)25(24)30(32)39/h1-7,14-17,22-25H,8-13H2/t14?,15?,16?,17?,22-,23+,24-,25+. The number of nitrogens with zero attached hydrogens (tertiary/aromatic N) is 3. The van der Waals surface area contributed by atoms with Crippen molar-refractivity contribution in [1.29, 1.82) is 0 Å².